The summed E-state index contributed by atoms with van der Waals surface area (Å²) in [6.45, 7) is 3.08. The molecule has 7 nitrogen and oxygen atoms in total. The highest BCUT2D eigenvalue weighted by Gasteiger charge is 2.21. The van der Waals surface area contributed by atoms with E-state index in [-0.39, 0.29) is 10.6 Å². The van der Waals surface area contributed by atoms with Gasteiger partial charge in [-0.25, -0.2) is 8.42 Å². The topological polar surface area (TPSA) is 92.6 Å². The van der Waals surface area contributed by atoms with E-state index in [1.165, 1.54) is 6.07 Å². The zero-order chi connectivity index (χ0) is 18.2. The molecule has 0 saturated carbocycles. The Bertz CT molecular complexity index is 941. The summed E-state index contributed by atoms with van der Waals surface area (Å²) in [6.07, 6.45) is 1.84. The molecule has 0 spiro atoms. The standard InChI is InChI=1S/C17H19N3O4S/c1-12-10-14(6-7-17(12)20(21)22)19-9-8-15-13(11-19)4-3-5-16(15)18-25(2,23)24/h3-7,10,18H,8-9,11H2,1-2H3. The van der Waals surface area contributed by atoms with Crippen molar-refractivity contribution in [2.24, 2.45) is 0 Å². The van der Waals surface area contributed by atoms with Crippen molar-refractivity contribution in [3.05, 3.63) is 63.2 Å². The average molecular weight is 361 g/mol. The zero-order valence-electron chi connectivity index (χ0n) is 14.0. The molecule has 0 atom stereocenters. The van der Waals surface area contributed by atoms with Crippen molar-refractivity contribution in [1.82, 2.24) is 0 Å². The summed E-state index contributed by atoms with van der Waals surface area (Å²) in [5.74, 6) is 0. The number of hydrogen-bond donors (Lipinski definition) is 1. The van der Waals surface area contributed by atoms with E-state index in [0.29, 0.717) is 30.8 Å². The van der Waals surface area contributed by atoms with Crippen LogP contribution in [-0.4, -0.2) is 26.1 Å². The summed E-state index contributed by atoms with van der Waals surface area (Å²) in [5, 5.41) is 11.0. The lowest BCUT2D eigenvalue weighted by atomic mass is 9.97. The highest BCUT2D eigenvalue weighted by atomic mass is 32.2. The number of sulfonamides is 1. The number of rotatable bonds is 4. The van der Waals surface area contributed by atoms with Crippen LogP contribution in [-0.2, 0) is 23.0 Å². The van der Waals surface area contributed by atoms with Crippen molar-refractivity contribution >= 4 is 27.1 Å². The van der Waals surface area contributed by atoms with Gasteiger partial charge < -0.3 is 4.90 Å². The molecule has 0 fully saturated rings. The fraction of sp³-hybridized carbons (Fsp3) is 0.294. The van der Waals surface area contributed by atoms with E-state index in [0.717, 1.165) is 23.1 Å². The van der Waals surface area contributed by atoms with Gasteiger partial charge in [-0.15, -0.1) is 0 Å². The number of nitrogens with zero attached hydrogens (tertiary/aromatic N) is 2. The van der Waals surface area contributed by atoms with Crippen molar-refractivity contribution < 1.29 is 13.3 Å². The molecule has 3 rings (SSSR count). The summed E-state index contributed by atoms with van der Waals surface area (Å²) < 4.78 is 25.6. The zero-order valence-corrected chi connectivity index (χ0v) is 14.8. The molecule has 2 aromatic rings. The smallest absolute Gasteiger partial charge is 0.272 e. The second-order valence-corrected chi connectivity index (χ2v) is 7.97. The summed E-state index contributed by atoms with van der Waals surface area (Å²) in [6, 6.07) is 10.7. The third-order valence-electron chi connectivity index (χ3n) is 4.30. The molecule has 0 aliphatic carbocycles. The average Bonchev–Trinajstić information content (AvgIpc) is 2.52. The molecule has 0 unspecified atom stereocenters. The molecule has 25 heavy (non-hydrogen) atoms. The molecule has 0 bridgehead atoms. The number of nitro groups is 1. The van der Waals surface area contributed by atoms with Crippen molar-refractivity contribution in [3.8, 4) is 0 Å². The van der Waals surface area contributed by atoms with Crippen LogP contribution in [0, 0.1) is 17.0 Å². The van der Waals surface area contributed by atoms with Crippen LogP contribution in [0.1, 0.15) is 16.7 Å². The molecule has 2 aromatic carbocycles. The Hall–Kier alpha value is -2.61. The van der Waals surface area contributed by atoms with E-state index in [4.69, 9.17) is 0 Å². The van der Waals surface area contributed by atoms with Crippen molar-refractivity contribution in [3.63, 3.8) is 0 Å². The number of aryl methyl sites for hydroxylation is 1. The summed E-state index contributed by atoms with van der Waals surface area (Å²) in [7, 11) is -3.32. The Morgan fingerprint density at radius 2 is 2.00 bits per heavy atom. The Labute approximate surface area is 146 Å². The van der Waals surface area contributed by atoms with E-state index in [1.54, 1.807) is 19.1 Å². The Morgan fingerprint density at radius 1 is 1.24 bits per heavy atom. The first-order valence-corrected chi connectivity index (χ1v) is 9.72. The van der Waals surface area contributed by atoms with Crippen LogP contribution in [0.3, 0.4) is 0 Å². The lowest BCUT2D eigenvalue weighted by Gasteiger charge is -2.32. The van der Waals surface area contributed by atoms with Crippen LogP contribution < -0.4 is 9.62 Å². The van der Waals surface area contributed by atoms with Crippen LogP contribution in [0.2, 0.25) is 0 Å². The molecule has 1 heterocycles. The molecule has 1 N–H and O–H groups in total. The lowest BCUT2D eigenvalue weighted by Crippen LogP contribution is -2.31. The van der Waals surface area contributed by atoms with E-state index < -0.39 is 10.0 Å². The van der Waals surface area contributed by atoms with Crippen molar-refractivity contribution in [2.45, 2.75) is 19.9 Å². The molecular weight excluding hydrogens is 342 g/mol. The molecule has 132 valence electrons. The van der Waals surface area contributed by atoms with E-state index in [2.05, 4.69) is 9.62 Å². The Kier molecular flexibility index (Phi) is 4.38. The fourth-order valence-electron chi connectivity index (χ4n) is 3.17. The number of fused-ring (bicyclic) bond motifs is 1. The second kappa shape index (κ2) is 6.36. The third kappa shape index (κ3) is 3.74. The number of nitro benzene ring substituents is 1. The largest absolute Gasteiger partial charge is 0.367 e. The van der Waals surface area contributed by atoms with Crippen LogP contribution >= 0.6 is 0 Å². The van der Waals surface area contributed by atoms with Crippen LogP contribution in [0.5, 0.6) is 0 Å². The van der Waals surface area contributed by atoms with Crippen LogP contribution in [0.4, 0.5) is 17.1 Å². The molecule has 0 aromatic heterocycles. The molecule has 0 saturated heterocycles. The first-order valence-electron chi connectivity index (χ1n) is 7.83. The van der Waals surface area contributed by atoms with Gasteiger partial charge in [0, 0.05) is 30.4 Å². The van der Waals surface area contributed by atoms with Gasteiger partial charge in [0.2, 0.25) is 10.0 Å². The molecular formula is C17H19N3O4S. The first kappa shape index (κ1) is 17.2. The maximum absolute atomic E-state index is 11.5. The quantitative estimate of drug-likeness (QED) is 0.668. The molecule has 0 radical (unpaired) electrons. The highest BCUT2D eigenvalue weighted by Crippen LogP contribution is 2.31. The number of hydrogen-bond acceptors (Lipinski definition) is 5. The van der Waals surface area contributed by atoms with Crippen LogP contribution in [0.15, 0.2) is 36.4 Å². The van der Waals surface area contributed by atoms with E-state index >= 15 is 0 Å². The SMILES string of the molecule is Cc1cc(N2CCc3c(cccc3NS(C)(=O)=O)C2)ccc1[N+](=O)[O-]. The minimum atomic E-state index is -3.32. The first-order chi connectivity index (χ1) is 11.7. The summed E-state index contributed by atoms with van der Waals surface area (Å²) in [4.78, 5) is 12.7. The van der Waals surface area contributed by atoms with E-state index in [1.807, 2.05) is 18.2 Å². The minimum absolute atomic E-state index is 0.112. The predicted molar refractivity (Wildman–Crippen MR) is 97.5 cm³/mol. The highest BCUT2D eigenvalue weighted by molar-refractivity contribution is 7.92. The predicted octanol–water partition coefficient (Wildman–Crippen LogP) is 2.84. The summed E-state index contributed by atoms with van der Waals surface area (Å²) in [5.41, 5.74) is 4.34. The van der Waals surface area contributed by atoms with Gasteiger partial charge in [0.05, 0.1) is 16.9 Å². The third-order valence-corrected chi connectivity index (χ3v) is 4.89. The van der Waals surface area contributed by atoms with Crippen LogP contribution in [0.25, 0.3) is 0 Å². The molecule has 0 amide bonds. The molecule has 1 aliphatic heterocycles. The van der Waals surface area contributed by atoms with Crippen molar-refractivity contribution in [1.29, 1.82) is 0 Å². The van der Waals surface area contributed by atoms with Crippen molar-refractivity contribution in [2.75, 3.05) is 22.4 Å². The maximum Gasteiger partial charge on any atom is 0.272 e. The summed E-state index contributed by atoms with van der Waals surface area (Å²) >= 11 is 0. The number of nitrogens with one attached hydrogen (secondary N) is 1. The van der Waals surface area contributed by atoms with Gasteiger partial charge >= 0.3 is 0 Å². The number of anilines is 2. The fourth-order valence-corrected chi connectivity index (χ4v) is 3.76. The van der Waals surface area contributed by atoms with Gasteiger partial charge in [0.1, 0.15) is 0 Å². The monoisotopic (exact) mass is 361 g/mol. The van der Waals surface area contributed by atoms with E-state index in [9.17, 15) is 18.5 Å². The van der Waals surface area contributed by atoms with Gasteiger partial charge in [0.15, 0.2) is 0 Å². The maximum atomic E-state index is 11.5. The Morgan fingerprint density at radius 3 is 2.64 bits per heavy atom. The number of benzene rings is 2. The lowest BCUT2D eigenvalue weighted by molar-refractivity contribution is -0.385. The molecule has 1 aliphatic rings. The van der Waals surface area contributed by atoms with Gasteiger partial charge in [-0.05, 0) is 42.7 Å². The Balaban J connectivity index is 1.88. The van der Waals surface area contributed by atoms with Gasteiger partial charge in [0.25, 0.3) is 5.69 Å². The van der Waals surface area contributed by atoms with Gasteiger partial charge in [-0.1, -0.05) is 12.1 Å². The van der Waals surface area contributed by atoms with Gasteiger partial charge in [-0.3, -0.25) is 14.8 Å². The molecule has 8 heteroatoms. The van der Waals surface area contributed by atoms with Gasteiger partial charge in [-0.2, -0.15) is 0 Å². The normalized spacial score (nSPS) is 14.1. The second-order valence-electron chi connectivity index (χ2n) is 6.22. The minimum Gasteiger partial charge on any atom is -0.367 e.